The van der Waals surface area contributed by atoms with Gasteiger partial charge in [-0.15, -0.1) is 0 Å². The second-order valence-corrected chi connectivity index (χ2v) is 6.42. The van der Waals surface area contributed by atoms with Gasteiger partial charge in [0.05, 0.1) is 5.02 Å². The van der Waals surface area contributed by atoms with Gasteiger partial charge in [-0.25, -0.2) is 4.79 Å². The lowest BCUT2D eigenvalue weighted by Crippen LogP contribution is -2.31. The number of rotatable bonds is 1. The molecule has 1 aromatic carbocycles. The molecule has 0 fully saturated rings. The lowest BCUT2D eigenvalue weighted by Gasteiger charge is -2.16. The van der Waals surface area contributed by atoms with Gasteiger partial charge in [0.25, 0.3) is 5.24 Å². The summed E-state index contributed by atoms with van der Waals surface area (Å²) in [4.78, 5) is 26.7. The van der Waals surface area contributed by atoms with Crippen LogP contribution < -0.4 is 0 Å². The predicted molar refractivity (Wildman–Crippen MR) is 83.4 cm³/mol. The molecule has 0 aromatic heterocycles. The topological polar surface area (TPSA) is 60.9 Å². The van der Waals surface area contributed by atoms with E-state index in [2.05, 4.69) is 0 Å². The third kappa shape index (κ3) is 3.63. The van der Waals surface area contributed by atoms with Crippen molar-refractivity contribution in [3.05, 3.63) is 28.3 Å². The smallest absolute Gasteiger partial charge is 0.407 e. The highest BCUT2D eigenvalue weighted by Crippen LogP contribution is 2.35. The van der Waals surface area contributed by atoms with Gasteiger partial charge in [-0.2, -0.15) is 0 Å². The number of carboxylic acid groups (broad SMARTS) is 1. The van der Waals surface area contributed by atoms with E-state index in [1.165, 1.54) is 9.80 Å². The molecule has 21 heavy (non-hydrogen) atoms. The normalized spacial score (nSPS) is 14.3. The van der Waals surface area contributed by atoms with Crippen LogP contribution in [0.2, 0.25) is 5.02 Å². The summed E-state index contributed by atoms with van der Waals surface area (Å²) in [7, 11) is 3.38. The third-order valence-electron chi connectivity index (χ3n) is 3.42. The predicted octanol–water partition coefficient (Wildman–Crippen LogP) is 3.19. The Morgan fingerprint density at radius 2 is 1.95 bits per heavy atom. The van der Waals surface area contributed by atoms with Crippen LogP contribution in [-0.4, -0.2) is 53.4 Å². The summed E-state index contributed by atoms with van der Waals surface area (Å²) in [6.07, 6.45) is 0.306. The average Bonchev–Trinajstić information content (AvgIpc) is 2.64. The first-order chi connectivity index (χ1) is 9.90. The summed E-state index contributed by atoms with van der Waals surface area (Å²) in [5.41, 5.74) is 2.06. The van der Waals surface area contributed by atoms with Crippen molar-refractivity contribution in [1.82, 2.24) is 9.80 Å². The van der Waals surface area contributed by atoms with Gasteiger partial charge in [-0.3, -0.25) is 4.79 Å². The van der Waals surface area contributed by atoms with Crippen LogP contribution >= 0.6 is 23.4 Å². The highest BCUT2D eigenvalue weighted by atomic mass is 35.5. The first-order valence-electron chi connectivity index (χ1n) is 6.57. The van der Waals surface area contributed by atoms with E-state index in [0.717, 1.165) is 27.8 Å². The van der Waals surface area contributed by atoms with Gasteiger partial charge >= 0.3 is 6.09 Å². The standard InChI is InChI=1S/C14H17ClN2O3S/c1-16(2)14(20)21-12-10-6-8-17(13(18)19)7-5-9(10)3-4-11(12)15/h3-4H,5-8H2,1-2H3,(H,18,19). The molecule has 1 N–H and O–H groups in total. The van der Waals surface area contributed by atoms with E-state index in [4.69, 9.17) is 16.7 Å². The van der Waals surface area contributed by atoms with Gasteiger partial charge in [0.2, 0.25) is 0 Å². The molecule has 1 aliphatic heterocycles. The molecule has 0 aliphatic carbocycles. The highest BCUT2D eigenvalue weighted by molar-refractivity contribution is 8.13. The van der Waals surface area contributed by atoms with E-state index < -0.39 is 6.09 Å². The Kier molecular flexibility index (Phi) is 5.00. The molecule has 0 unspecified atom stereocenters. The summed E-state index contributed by atoms with van der Waals surface area (Å²) >= 11 is 7.34. The van der Waals surface area contributed by atoms with Gasteiger partial charge in [0.1, 0.15) is 0 Å². The molecule has 0 atom stereocenters. The van der Waals surface area contributed by atoms with Crippen LogP contribution in [0.3, 0.4) is 0 Å². The van der Waals surface area contributed by atoms with Crippen LogP contribution in [-0.2, 0) is 12.8 Å². The Bertz CT molecular complexity index is 578. The summed E-state index contributed by atoms with van der Waals surface area (Å²) in [6, 6.07) is 3.70. The lowest BCUT2D eigenvalue weighted by atomic mass is 10.0. The van der Waals surface area contributed by atoms with Crippen molar-refractivity contribution >= 4 is 34.7 Å². The fourth-order valence-electron chi connectivity index (χ4n) is 2.24. The van der Waals surface area contributed by atoms with Crippen molar-refractivity contribution in [1.29, 1.82) is 0 Å². The van der Waals surface area contributed by atoms with E-state index in [1.54, 1.807) is 20.2 Å². The number of halogens is 1. The minimum Gasteiger partial charge on any atom is -0.465 e. The average molecular weight is 329 g/mol. The Balaban J connectivity index is 2.32. The van der Waals surface area contributed by atoms with Crippen LogP contribution in [0.4, 0.5) is 9.59 Å². The van der Waals surface area contributed by atoms with E-state index in [-0.39, 0.29) is 5.24 Å². The SMILES string of the molecule is CN(C)C(=O)Sc1c(Cl)ccc2c1CCN(C(=O)O)CC2. The molecule has 0 radical (unpaired) electrons. The van der Waals surface area contributed by atoms with Crippen molar-refractivity contribution in [2.45, 2.75) is 17.7 Å². The third-order valence-corrected chi connectivity index (χ3v) is 5.05. The fourth-order valence-corrected chi connectivity index (χ4v) is 3.41. The molecule has 0 spiro atoms. The number of hydrogen-bond donors (Lipinski definition) is 1. The number of carbonyl (C=O) groups excluding carboxylic acids is 1. The molecule has 1 heterocycles. The van der Waals surface area contributed by atoms with E-state index in [0.29, 0.717) is 31.0 Å². The summed E-state index contributed by atoms with van der Waals surface area (Å²) in [6.45, 7) is 0.891. The quantitative estimate of drug-likeness (QED) is 0.804. The molecule has 7 heteroatoms. The van der Waals surface area contributed by atoms with Crippen LogP contribution in [0.15, 0.2) is 17.0 Å². The summed E-state index contributed by atoms with van der Waals surface area (Å²) in [5, 5.41) is 9.56. The number of hydrogen-bond acceptors (Lipinski definition) is 3. The number of benzene rings is 1. The second kappa shape index (κ2) is 6.58. The Hall–Kier alpha value is -1.40. The molecule has 5 nitrogen and oxygen atoms in total. The summed E-state index contributed by atoms with van der Waals surface area (Å²) < 4.78 is 0. The van der Waals surface area contributed by atoms with E-state index in [1.807, 2.05) is 6.07 Å². The maximum absolute atomic E-state index is 11.9. The second-order valence-electron chi connectivity index (χ2n) is 5.05. The zero-order valence-electron chi connectivity index (χ0n) is 11.9. The van der Waals surface area contributed by atoms with Crippen molar-refractivity contribution < 1.29 is 14.7 Å². The zero-order valence-corrected chi connectivity index (χ0v) is 13.5. The van der Waals surface area contributed by atoms with Crippen molar-refractivity contribution in [2.24, 2.45) is 0 Å². The van der Waals surface area contributed by atoms with Crippen molar-refractivity contribution in [3.8, 4) is 0 Å². The molecule has 2 amide bonds. The number of carbonyl (C=O) groups is 2. The van der Waals surface area contributed by atoms with Gasteiger partial charge in [-0.05, 0) is 41.8 Å². The summed E-state index contributed by atoms with van der Waals surface area (Å²) in [5.74, 6) is 0. The molecular weight excluding hydrogens is 312 g/mol. The van der Waals surface area contributed by atoms with Crippen molar-refractivity contribution in [2.75, 3.05) is 27.2 Å². The van der Waals surface area contributed by atoms with Crippen LogP contribution in [0, 0.1) is 0 Å². The molecule has 1 aromatic rings. The number of fused-ring (bicyclic) bond motifs is 1. The van der Waals surface area contributed by atoms with Gasteiger partial charge < -0.3 is 14.9 Å². The molecule has 114 valence electrons. The number of thioether (sulfide) groups is 1. The van der Waals surface area contributed by atoms with Gasteiger partial charge in [0.15, 0.2) is 0 Å². The van der Waals surface area contributed by atoms with Crippen molar-refractivity contribution in [3.63, 3.8) is 0 Å². The zero-order chi connectivity index (χ0) is 15.6. The van der Waals surface area contributed by atoms with E-state index >= 15 is 0 Å². The van der Waals surface area contributed by atoms with Gasteiger partial charge in [-0.1, -0.05) is 17.7 Å². The molecule has 2 rings (SSSR count). The maximum Gasteiger partial charge on any atom is 0.407 e. The number of amides is 2. The first-order valence-corrected chi connectivity index (χ1v) is 7.77. The molecule has 1 aliphatic rings. The van der Waals surface area contributed by atoms with Gasteiger partial charge in [0, 0.05) is 32.1 Å². The Labute approximate surface area is 132 Å². The van der Waals surface area contributed by atoms with E-state index in [9.17, 15) is 9.59 Å². The Morgan fingerprint density at radius 3 is 2.57 bits per heavy atom. The lowest BCUT2D eigenvalue weighted by molar-refractivity contribution is 0.147. The monoisotopic (exact) mass is 328 g/mol. The van der Waals surface area contributed by atoms with Crippen LogP contribution in [0.5, 0.6) is 0 Å². The largest absolute Gasteiger partial charge is 0.465 e. The molecule has 0 saturated heterocycles. The minimum atomic E-state index is -0.910. The molecule has 0 bridgehead atoms. The molecular formula is C14H17ClN2O3S. The minimum absolute atomic E-state index is 0.0929. The first kappa shape index (κ1) is 16.0. The van der Waals surface area contributed by atoms with Crippen LogP contribution in [0.1, 0.15) is 11.1 Å². The highest BCUT2D eigenvalue weighted by Gasteiger charge is 2.22. The van der Waals surface area contributed by atoms with Crippen LogP contribution in [0.25, 0.3) is 0 Å². The Morgan fingerprint density at radius 1 is 1.29 bits per heavy atom. The number of nitrogens with zero attached hydrogens (tertiary/aromatic N) is 2. The maximum atomic E-state index is 11.9. The fraction of sp³-hybridized carbons (Fsp3) is 0.429. The molecule has 0 saturated carbocycles.